The molecule has 0 saturated carbocycles. The molecule has 0 atom stereocenters. The minimum absolute atomic E-state index is 0.0893. The minimum atomic E-state index is -0.502. The normalized spacial score (nSPS) is 10.4. The van der Waals surface area contributed by atoms with Crippen molar-refractivity contribution in [2.75, 3.05) is 12.4 Å². The fraction of sp³-hybridized carbons (Fsp3) is 0.235. The van der Waals surface area contributed by atoms with E-state index in [9.17, 15) is 9.18 Å². The van der Waals surface area contributed by atoms with E-state index in [1.165, 1.54) is 13.0 Å². The van der Waals surface area contributed by atoms with Gasteiger partial charge < -0.3 is 10.1 Å². The van der Waals surface area contributed by atoms with Gasteiger partial charge in [-0.15, -0.1) is 0 Å². The zero-order valence-corrected chi connectivity index (χ0v) is 14.8. The number of hydrogen-bond acceptors (Lipinski definition) is 3. The van der Waals surface area contributed by atoms with Crippen LogP contribution in [0.2, 0.25) is 0 Å². The molecule has 3 nitrogen and oxygen atoms in total. The van der Waals surface area contributed by atoms with Crippen molar-refractivity contribution in [3.8, 4) is 5.75 Å². The molecule has 0 amide bonds. The number of rotatable bonds is 5. The standard InChI is InChI=1S/C17H17FINO2/c1-10-4-5-12(16(6-10)22-3)9-20-15-8-13(19)7-14(18)17(15)11(2)21/h4-8,20H,9H2,1-3H3. The fourth-order valence-electron chi connectivity index (χ4n) is 2.26. The second-order valence-corrected chi connectivity index (χ2v) is 6.28. The number of hydrogen-bond donors (Lipinski definition) is 1. The number of ketones is 1. The van der Waals surface area contributed by atoms with Crippen LogP contribution in [0.4, 0.5) is 10.1 Å². The summed E-state index contributed by atoms with van der Waals surface area (Å²) in [5.41, 5.74) is 2.64. The molecule has 0 aliphatic rings. The third kappa shape index (κ3) is 3.76. The van der Waals surface area contributed by atoms with Crippen LogP contribution >= 0.6 is 22.6 Å². The van der Waals surface area contributed by atoms with Crippen LogP contribution in [0.3, 0.4) is 0 Å². The van der Waals surface area contributed by atoms with Gasteiger partial charge in [0.05, 0.1) is 12.7 Å². The smallest absolute Gasteiger partial charge is 0.164 e. The largest absolute Gasteiger partial charge is 0.496 e. The van der Waals surface area contributed by atoms with E-state index >= 15 is 0 Å². The molecule has 1 N–H and O–H groups in total. The molecule has 0 aliphatic carbocycles. The SMILES string of the molecule is COc1cc(C)ccc1CNc1cc(I)cc(F)c1C(C)=O. The van der Waals surface area contributed by atoms with Crippen LogP contribution in [-0.4, -0.2) is 12.9 Å². The van der Waals surface area contributed by atoms with Gasteiger partial charge in [0, 0.05) is 21.4 Å². The summed E-state index contributed by atoms with van der Waals surface area (Å²) in [5, 5.41) is 3.14. The highest BCUT2D eigenvalue weighted by molar-refractivity contribution is 14.1. The van der Waals surface area contributed by atoms with E-state index in [4.69, 9.17) is 4.74 Å². The Morgan fingerprint density at radius 1 is 1.32 bits per heavy atom. The molecular formula is C17H17FINO2. The van der Waals surface area contributed by atoms with Gasteiger partial charge in [0.15, 0.2) is 5.78 Å². The van der Waals surface area contributed by atoms with E-state index in [2.05, 4.69) is 5.32 Å². The van der Waals surface area contributed by atoms with E-state index < -0.39 is 5.82 Å². The van der Waals surface area contributed by atoms with Crippen LogP contribution in [-0.2, 0) is 6.54 Å². The molecule has 0 unspecified atom stereocenters. The van der Waals surface area contributed by atoms with Gasteiger partial charge in [0.2, 0.25) is 0 Å². The first kappa shape index (κ1) is 16.7. The lowest BCUT2D eigenvalue weighted by Crippen LogP contribution is -2.08. The molecule has 0 heterocycles. The summed E-state index contributed by atoms with van der Waals surface area (Å²) in [6.45, 7) is 3.80. The number of methoxy groups -OCH3 is 1. The quantitative estimate of drug-likeness (QED) is 0.577. The van der Waals surface area contributed by atoms with Crippen LogP contribution in [0, 0.1) is 16.3 Å². The first-order valence-corrected chi connectivity index (χ1v) is 7.87. The number of ether oxygens (including phenoxy) is 1. The Morgan fingerprint density at radius 2 is 2.05 bits per heavy atom. The molecule has 0 bridgehead atoms. The number of carbonyl (C=O) groups is 1. The average molecular weight is 413 g/mol. The van der Waals surface area contributed by atoms with Gasteiger partial charge in [-0.05, 0) is 60.2 Å². The van der Waals surface area contributed by atoms with Crippen molar-refractivity contribution in [3.05, 3.63) is 56.4 Å². The Bertz CT molecular complexity index is 716. The second-order valence-electron chi connectivity index (χ2n) is 5.04. The predicted molar refractivity (Wildman–Crippen MR) is 94.2 cm³/mol. The third-order valence-electron chi connectivity index (χ3n) is 3.32. The van der Waals surface area contributed by atoms with Gasteiger partial charge in [-0.1, -0.05) is 12.1 Å². The topological polar surface area (TPSA) is 38.3 Å². The molecule has 2 rings (SSSR count). The van der Waals surface area contributed by atoms with Crippen molar-refractivity contribution in [3.63, 3.8) is 0 Å². The maximum absolute atomic E-state index is 14.0. The number of halogens is 2. The number of carbonyl (C=O) groups excluding carboxylic acids is 1. The molecule has 0 fully saturated rings. The molecule has 2 aromatic carbocycles. The Kier molecular flexibility index (Phi) is 5.39. The summed E-state index contributed by atoms with van der Waals surface area (Å²) in [6, 6.07) is 9.01. The van der Waals surface area contributed by atoms with Gasteiger partial charge >= 0.3 is 0 Å². The number of Topliss-reactive ketones (excluding diaryl/α,β-unsaturated/α-hetero) is 1. The highest BCUT2D eigenvalue weighted by Gasteiger charge is 2.15. The highest BCUT2D eigenvalue weighted by Crippen LogP contribution is 2.26. The van der Waals surface area contributed by atoms with Crippen molar-refractivity contribution in [2.45, 2.75) is 20.4 Å². The summed E-state index contributed by atoms with van der Waals surface area (Å²) in [5.74, 6) is -0.0342. The van der Waals surface area contributed by atoms with Crippen molar-refractivity contribution < 1.29 is 13.9 Å². The highest BCUT2D eigenvalue weighted by atomic mass is 127. The zero-order valence-electron chi connectivity index (χ0n) is 12.7. The summed E-state index contributed by atoms with van der Waals surface area (Å²) >= 11 is 2.03. The van der Waals surface area contributed by atoms with Gasteiger partial charge in [0.1, 0.15) is 11.6 Å². The maximum atomic E-state index is 14.0. The Hall–Kier alpha value is -1.63. The lowest BCUT2D eigenvalue weighted by molar-refractivity contribution is 0.101. The minimum Gasteiger partial charge on any atom is -0.496 e. The first-order chi connectivity index (χ1) is 10.4. The summed E-state index contributed by atoms with van der Waals surface area (Å²) in [6.07, 6.45) is 0. The molecule has 0 radical (unpaired) electrons. The van der Waals surface area contributed by atoms with E-state index in [-0.39, 0.29) is 11.3 Å². The Balaban J connectivity index is 2.31. The Morgan fingerprint density at radius 3 is 2.68 bits per heavy atom. The lowest BCUT2D eigenvalue weighted by Gasteiger charge is -2.14. The van der Waals surface area contributed by atoms with Crippen LogP contribution in [0.15, 0.2) is 30.3 Å². The van der Waals surface area contributed by atoms with Crippen LogP contribution in [0.1, 0.15) is 28.4 Å². The molecule has 116 valence electrons. The van der Waals surface area contributed by atoms with E-state index in [1.807, 2.05) is 47.7 Å². The monoisotopic (exact) mass is 413 g/mol. The molecule has 22 heavy (non-hydrogen) atoms. The first-order valence-electron chi connectivity index (χ1n) is 6.79. The molecule has 0 spiro atoms. The van der Waals surface area contributed by atoms with Crippen molar-refractivity contribution in [1.82, 2.24) is 0 Å². The zero-order chi connectivity index (χ0) is 16.3. The van der Waals surface area contributed by atoms with Crippen LogP contribution in [0.5, 0.6) is 5.75 Å². The average Bonchev–Trinajstić information content (AvgIpc) is 2.44. The van der Waals surface area contributed by atoms with Gasteiger partial charge in [0.25, 0.3) is 0 Å². The van der Waals surface area contributed by atoms with Crippen LogP contribution in [0.25, 0.3) is 0 Å². The van der Waals surface area contributed by atoms with E-state index in [1.54, 1.807) is 13.2 Å². The molecule has 0 saturated heterocycles. The number of anilines is 1. The maximum Gasteiger partial charge on any atom is 0.164 e. The van der Waals surface area contributed by atoms with Gasteiger partial charge in [-0.2, -0.15) is 0 Å². The van der Waals surface area contributed by atoms with Gasteiger partial charge in [-0.25, -0.2) is 4.39 Å². The van der Waals surface area contributed by atoms with Crippen molar-refractivity contribution in [2.24, 2.45) is 0 Å². The molecule has 5 heteroatoms. The summed E-state index contributed by atoms with van der Waals surface area (Å²) in [7, 11) is 1.62. The van der Waals surface area contributed by atoms with Crippen molar-refractivity contribution in [1.29, 1.82) is 0 Å². The molecule has 0 aromatic heterocycles. The number of nitrogens with one attached hydrogen (secondary N) is 1. The number of aryl methyl sites for hydroxylation is 1. The molecule has 2 aromatic rings. The van der Waals surface area contributed by atoms with Crippen LogP contribution < -0.4 is 10.1 Å². The number of benzene rings is 2. The van der Waals surface area contributed by atoms with E-state index in [0.717, 1.165) is 20.4 Å². The van der Waals surface area contributed by atoms with Gasteiger partial charge in [-0.3, -0.25) is 4.79 Å². The fourth-order valence-corrected chi connectivity index (χ4v) is 2.84. The van der Waals surface area contributed by atoms with E-state index in [0.29, 0.717) is 12.2 Å². The molecule has 0 aliphatic heterocycles. The van der Waals surface area contributed by atoms with Crippen molar-refractivity contribution >= 4 is 34.1 Å². The lowest BCUT2D eigenvalue weighted by atomic mass is 10.1. The Labute approximate surface area is 143 Å². The second kappa shape index (κ2) is 7.09. The summed E-state index contributed by atoms with van der Waals surface area (Å²) in [4.78, 5) is 11.7. The molecular weight excluding hydrogens is 396 g/mol. The predicted octanol–water partition coefficient (Wildman–Crippen LogP) is 4.56. The third-order valence-corrected chi connectivity index (χ3v) is 3.94. The summed E-state index contributed by atoms with van der Waals surface area (Å²) < 4.78 is 20.1.